The number of urea groups is 1. The van der Waals surface area contributed by atoms with Crippen LogP contribution in [0.4, 0.5) is 10.6 Å². The quantitative estimate of drug-likeness (QED) is 0.835. The van der Waals surface area contributed by atoms with E-state index in [9.17, 15) is 4.79 Å². The summed E-state index contributed by atoms with van der Waals surface area (Å²) in [5.74, 6) is 1.10. The fourth-order valence-corrected chi connectivity index (χ4v) is 3.08. The maximum atomic E-state index is 12.3. The van der Waals surface area contributed by atoms with Crippen molar-refractivity contribution in [3.8, 4) is 0 Å². The molecule has 1 aromatic heterocycles. The highest BCUT2D eigenvalue weighted by Crippen LogP contribution is 2.23. The van der Waals surface area contributed by atoms with Gasteiger partial charge in [-0.25, -0.2) is 9.48 Å². The summed E-state index contributed by atoms with van der Waals surface area (Å²) in [6.07, 6.45) is 3.78. The number of hydrogen-bond donors (Lipinski definition) is 2. The Morgan fingerprint density at radius 2 is 2.21 bits per heavy atom. The zero-order chi connectivity index (χ0) is 17.5. The van der Waals surface area contributed by atoms with E-state index in [1.165, 1.54) is 0 Å². The van der Waals surface area contributed by atoms with E-state index in [1.807, 2.05) is 17.8 Å². The topological polar surface area (TPSA) is 71.4 Å². The van der Waals surface area contributed by atoms with Crippen molar-refractivity contribution in [2.45, 2.75) is 39.7 Å². The number of aryl methyl sites for hydroxylation is 1. The van der Waals surface area contributed by atoms with Crippen LogP contribution in [0.5, 0.6) is 0 Å². The smallest absolute Gasteiger partial charge is 0.320 e. The number of likely N-dealkylation sites (N-methyl/N-ethyl adjacent to an activating group) is 1. The van der Waals surface area contributed by atoms with Gasteiger partial charge in [0.05, 0.1) is 25.5 Å². The molecule has 2 rings (SSSR count). The van der Waals surface area contributed by atoms with Crippen LogP contribution >= 0.6 is 0 Å². The van der Waals surface area contributed by atoms with E-state index in [2.05, 4.69) is 41.5 Å². The maximum Gasteiger partial charge on any atom is 0.320 e. The first-order valence-electron chi connectivity index (χ1n) is 8.90. The number of carbonyl (C=O) groups is 1. The predicted octanol–water partition coefficient (Wildman–Crippen LogP) is 2.25. The number of nitrogens with one attached hydrogen (secondary N) is 2. The van der Waals surface area contributed by atoms with E-state index in [-0.39, 0.29) is 6.03 Å². The molecule has 1 aliphatic rings. The normalized spacial score (nSPS) is 19.3. The number of hydrogen-bond acceptors (Lipinski definition) is 4. The van der Waals surface area contributed by atoms with E-state index < -0.39 is 0 Å². The van der Waals surface area contributed by atoms with Crippen LogP contribution in [0.2, 0.25) is 0 Å². The lowest BCUT2D eigenvalue weighted by Gasteiger charge is -2.20. The molecule has 2 amide bonds. The average molecular weight is 337 g/mol. The van der Waals surface area contributed by atoms with Gasteiger partial charge in [-0.2, -0.15) is 5.10 Å². The lowest BCUT2D eigenvalue weighted by molar-refractivity contribution is 0.122. The summed E-state index contributed by atoms with van der Waals surface area (Å²) < 4.78 is 7.52. The number of ether oxygens (including phenoxy) is 1. The van der Waals surface area contributed by atoms with Crippen LogP contribution in [0.25, 0.3) is 0 Å². The van der Waals surface area contributed by atoms with Crippen molar-refractivity contribution in [1.29, 1.82) is 0 Å². The van der Waals surface area contributed by atoms with Crippen molar-refractivity contribution in [3.63, 3.8) is 0 Å². The molecule has 1 aromatic rings. The van der Waals surface area contributed by atoms with Crippen LogP contribution in [0, 0.1) is 12.8 Å². The Morgan fingerprint density at radius 1 is 1.46 bits per heavy atom. The molecule has 1 aliphatic heterocycles. The molecule has 2 heterocycles. The molecular formula is C17H31N5O2. The van der Waals surface area contributed by atoms with Gasteiger partial charge in [0.2, 0.25) is 0 Å². The first kappa shape index (κ1) is 18.7. The Hall–Kier alpha value is -1.60. The molecule has 1 saturated heterocycles. The first-order valence-corrected chi connectivity index (χ1v) is 8.90. The van der Waals surface area contributed by atoms with Gasteiger partial charge >= 0.3 is 6.03 Å². The molecular weight excluding hydrogens is 306 g/mol. The van der Waals surface area contributed by atoms with Gasteiger partial charge in [-0.1, -0.05) is 13.8 Å². The fraction of sp³-hybridized carbons (Fsp3) is 0.765. The highest BCUT2D eigenvalue weighted by atomic mass is 16.5. The van der Waals surface area contributed by atoms with Crippen molar-refractivity contribution in [3.05, 3.63) is 11.8 Å². The van der Waals surface area contributed by atoms with Crippen molar-refractivity contribution < 1.29 is 9.53 Å². The summed E-state index contributed by atoms with van der Waals surface area (Å²) in [4.78, 5) is 14.5. The van der Waals surface area contributed by atoms with Gasteiger partial charge in [0.25, 0.3) is 0 Å². The second kappa shape index (κ2) is 9.03. The monoisotopic (exact) mass is 337 g/mol. The molecule has 136 valence electrons. The third-order valence-corrected chi connectivity index (χ3v) is 4.59. The fourth-order valence-electron chi connectivity index (χ4n) is 3.08. The summed E-state index contributed by atoms with van der Waals surface area (Å²) in [6.45, 7) is 10.2. The van der Waals surface area contributed by atoms with Crippen LogP contribution in [0.15, 0.2) is 6.20 Å². The van der Waals surface area contributed by atoms with E-state index in [0.717, 1.165) is 43.9 Å². The number of anilines is 1. The van der Waals surface area contributed by atoms with Crippen molar-refractivity contribution >= 4 is 11.8 Å². The standard InChI is InChI=1S/C17H31N5O2/c1-5-15(6-2)22-16(13(3)9-19-22)20-17(23)18-10-14-11-21(4)7-8-24-12-14/h9,14-15H,5-8,10-12H2,1-4H3,(H2,18,20,23)/t14-/m0/s1. The largest absolute Gasteiger partial charge is 0.380 e. The van der Waals surface area contributed by atoms with Crippen LogP contribution in [-0.2, 0) is 4.74 Å². The minimum atomic E-state index is -0.183. The van der Waals surface area contributed by atoms with Gasteiger partial charge in [-0.15, -0.1) is 0 Å². The Balaban J connectivity index is 1.91. The molecule has 0 aromatic carbocycles. The summed E-state index contributed by atoms with van der Waals surface area (Å²) in [5, 5.41) is 10.4. The molecule has 0 spiro atoms. The highest BCUT2D eigenvalue weighted by Gasteiger charge is 2.19. The average Bonchev–Trinajstić information content (AvgIpc) is 2.79. The molecule has 1 fully saturated rings. The number of aromatic nitrogens is 2. The van der Waals surface area contributed by atoms with Gasteiger partial charge in [-0.05, 0) is 26.8 Å². The summed E-state index contributed by atoms with van der Waals surface area (Å²) in [6, 6.07) is 0.121. The molecule has 0 radical (unpaired) electrons. The molecule has 24 heavy (non-hydrogen) atoms. The summed E-state index contributed by atoms with van der Waals surface area (Å²) in [7, 11) is 2.08. The molecule has 1 atom stereocenters. The maximum absolute atomic E-state index is 12.3. The van der Waals surface area contributed by atoms with Crippen molar-refractivity contribution in [2.24, 2.45) is 5.92 Å². The number of rotatable bonds is 6. The number of amides is 2. The van der Waals surface area contributed by atoms with Crippen molar-refractivity contribution in [2.75, 3.05) is 45.2 Å². The lowest BCUT2D eigenvalue weighted by Crippen LogP contribution is -2.38. The minimum Gasteiger partial charge on any atom is -0.380 e. The lowest BCUT2D eigenvalue weighted by atomic mass is 10.1. The first-order chi connectivity index (χ1) is 11.5. The van der Waals surface area contributed by atoms with E-state index >= 15 is 0 Å². The van der Waals surface area contributed by atoms with Crippen LogP contribution in [-0.4, -0.2) is 60.6 Å². The summed E-state index contributed by atoms with van der Waals surface area (Å²) >= 11 is 0. The Morgan fingerprint density at radius 3 is 2.92 bits per heavy atom. The van der Waals surface area contributed by atoms with E-state index in [0.29, 0.717) is 25.1 Å². The molecule has 2 N–H and O–H groups in total. The van der Waals surface area contributed by atoms with E-state index in [1.54, 1.807) is 0 Å². The van der Waals surface area contributed by atoms with Crippen LogP contribution in [0.3, 0.4) is 0 Å². The zero-order valence-electron chi connectivity index (χ0n) is 15.3. The molecule has 0 aliphatic carbocycles. The molecule has 7 heteroatoms. The molecule has 0 unspecified atom stereocenters. The van der Waals surface area contributed by atoms with Crippen LogP contribution in [0.1, 0.15) is 38.3 Å². The molecule has 0 saturated carbocycles. The molecule has 0 bridgehead atoms. The van der Waals surface area contributed by atoms with Gasteiger partial charge in [0.1, 0.15) is 5.82 Å². The second-order valence-corrected chi connectivity index (χ2v) is 6.63. The Kier molecular flexibility index (Phi) is 7.05. The van der Waals surface area contributed by atoms with Gasteiger partial charge in [-0.3, -0.25) is 5.32 Å². The van der Waals surface area contributed by atoms with E-state index in [4.69, 9.17) is 4.74 Å². The third kappa shape index (κ3) is 4.95. The Labute approximate surface area is 144 Å². The Bertz CT molecular complexity index is 527. The minimum absolute atomic E-state index is 0.183. The van der Waals surface area contributed by atoms with Gasteiger partial charge in [0.15, 0.2) is 0 Å². The van der Waals surface area contributed by atoms with Gasteiger partial charge in [0, 0.05) is 31.1 Å². The molecule has 7 nitrogen and oxygen atoms in total. The number of carbonyl (C=O) groups excluding carboxylic acids is 1. The second-order valence-electron chi connectivity index (χ2n) is 6.63. The summed E-state index contributed by atoms with van der Waals surface area (Å²) in [5.41, 5.74) is 0.981. The third-order valence-electron chi connectivity index (χ3n) is 4.59. The zero-order valence-corrected chi connectivity index (χ0v) is 15.3. The highest BCUT2D eigenvalue weighted by molar-refractivity contribution is 5.89. The number of nitrogens with zero attached hydrogens (tertiary/aromatic N) is 3. The van der Waals surface area contributed by atoms with Crippen molar-refractivity contribution in [1.82, 2.24) is 20.0 Å². The van der Waals surface area contributed by atoms with Gasteiger partial charge < -0.3 is 15.0 Å². The SMILES string of the molecule is CCC(CC)n1ncc(C)c1NC(=O)NC[C@@H]1COCCN(C)C1. The van der Waals surface area contributed by atoms with Crippen LogP contribution < -0.4 is 10.6 Å². The predicted molar refractivity (Wildman–Crippen MR) is 95.4 cm³/mol.